The van der Waals surface area contributed by atoms with E-state index in [0.29, 0.717) is 17.6 Å². The quantitative estimate of drug-likeness (QED) is 0.0679. The van der Waals surface area contributed by atoms with E-state index in [1.165, 1.54) is 44.9 Å². The van der Waals surface area contributed by atoms with Crippen LogP contribution >= 0.6 is 7.82 Å². The van der Waals surface area contributed by atoms with Crippen LogP contribution in [-0.2, 0) is 18.3 Å². The molecule has 212 valence electrons. The molecule has 0 aromatic rings. The Labute approximate surface area is 221 Å². The number of quaternary nitrogens is 1. The first-order chi connectivity index (χ1) is 17.2. The van der Waals surface area contributed by atoms with Crippen LogP contribution in [0.4, 0.5) is 0 Å². The van der Waals surface area contributed by atoms with Crippen LogP contribution in [0.1, 0.15) is 84.0 Å². The number of likely N-dealkylation sites (N-methyl/N-ethyl adjacent to an activating group) is 1. The van der Waals surface area contributed by atoms with E-state index in [1.807, 2.05) is 21.1 Å². The Morgan fingerprint density at radius 1 is 0.778 bits per heavy atom. The van der Waals surface area contributed by atoms with E-state index < -0.39 is 13.9 Å². The monoisotopic (exact) mass is 531 g/mol. The average Bonchev–Trinajstić information content (AvgIpc) is 2.80. The fraction of sp³-hybridized carbons (Fsp3) is 0.786. The summed E-state index contributed by atoms with van der Waals surface area (Å²) >= 11 is 0. The zero-order chi connectivity index (χ0) is 27.0. The fourth-order valence-electron chi connectivity index (χ4n) is 3.26. The minimum atomic E-state index is -4.40. The number of ether oxygens (including phenoxy) is 1. The average molecular weight is 532 g/mol. The number of allylic oxidation sites excluding steroid dienone is 6. The van der Waals surface area contributed by atoms with Crippen LogP contribution in [0.15, 0.2) is 36.5 Å². The number of rotatable bonds is 25. The standard InChI is InChI=1S/C28H54NO6P/c1-5-6-7-8-9-10-11-12-13-14-15-16-17-18-19-20-21-22-24-33-26-28(30)27-35-36(31,32)34-25-23-29(2,3)4/h6-7,9-10,12-13,28,30H,5,8,11,14-27H2,1-4H3/b7-6-,10-9-,13-12-. The number of nitrogens with zero attached hydrogens (tertiary/aromatic N) is 1. The minimum absolute atomic E-state index is 0.0457. The fourth-order valence-corrected chi connectivity index (χ4v) is 4.00. The lowest BCUT2D eigenvalue weighted by Crippen LogP contribution is -2.37. The number of phosphoric acid groups is 1. The van der Waals surface area contributed by atoms with Gasteiger partial charge in [0.15, 0.2) is 0 Å². The third-order valence-corrected chi connectivity index (χ3v) is 6.40. The zero-order valence-corrected chi connectivity index (χ0v) is 24.3. The molecule has 0 aliphatic carbocycles. The maximum absolute atomic E-state index is 11.7. The highest BCUT2D eigenvalue weighted by Gasteiger charge is 2.15. The summed E-state index contributed by atoms with van der Waals surface area (Å²) in [7, 11) is 1.43. The number of phosphoric ester groups is 1. The molecule has 0 rings (SSSR count). The lowest BCUT2D eigenvalue weighted by Gasteiger charge is -2.27. The molecule has 36 heavy (non-hydrogen) atoms. The van der Waals surface area contributed by atoms with Gasteiger partial charge in [-0.3, -0.25) is 4.57 Å². The van der Waals surface area contributed by atoms with Gasteiger partial charge in [0.05, 0.1) is 34.4 Å². The van der Waals surface area contributed by atoms with E-state index in [-0.39, 0.29) is 19.8 Å². The van der Waals surface area contributed by atoms with Crippen molar-refractivity contribution in [1.82, 2.24) is 0 Å². The van der Waals surface area contributed by atoms with Gasteiger partial charge in [0.1, 0.15) is 19.3 Å². The van der Waals surface area contributed by atoms with Gasteiger partial charge < -0.3 is 28.3 Å². The molecule has 1 N–H and O–H groups in total. The van der Waals surface area contributed by atoms with Crippen molar-refractivity contribution in [2.24, 2.45) is 0 Å². The number of aliphatic hydroxyl groups is 1. The molecule has 0 radical (unpaired) electrons. The van der Waals surface area contributed by atoms with Crippen molar-refractivity contribution < 1.29 is 32.8 Å². The van der Waals surface area contributed by atoms with Crippen LogP contribution in [0.2, 0.25) is 0 Å². The van der Waals surface area contributed by atoms with E-state index in [4.69, 9.17) is 13.8 Å². The topological polar surface area (TPSA) is 88.0 Å². The van der Waals surface area contributed by atoms with Crippen LogP contribution in [0.25, 0.3) is 0 Å². The lowest BCUT2D eigenvalue weighted by molar-refractivity contribution is -0.870. The number of unbranched alkanes of at least 4 members (excludes halogenated alkanes) is 8. The second kappa shape index (κ2) is 23.3. The number of aliphatic hydroxyl groups excluding tert-OH is 1. The number of hydrogen-bond donors (Lipinski definition) is 1. The highest BCUT2D eigenvalue weighted by atomic mass is 31.2. The summed E-state index contributed by atoms with van der Waals surface area (Å²) in [6.07, 6.45) is 26.4. The molecule has 0 saturated heterocycles. The molecule has 7 nitrogen and oxygen atoms in total. The molecule has 0 aromatic carbocycles. The van der Waals surface area contributed by atoms with Gasteiger partial charge in [-0.25, -0.2) is 0 Å². The second-order valence-corrected chi connectivity index (χ2v) is 11.6. The van der Waals surface area contributed by atoms with Crippen LogP contribution in [0.5, 0.6) is 0 Å². The first-order valence-electron chi connectivity index (χ1n) is 13.8. The maximum atomic E-state index is 11.7. The molecule has 0 amide bonds. The Morgan fingerprint density at radius 3 is 1.94 bits per heavy atom. The lowest BCUT2D eigenvalue weighted by atomic mass is 10.1. The second-order valence-electron chi connectivity index (χ2n) is 10.2. The minimum Gasteiger partial charge on any atom is -0.756 e. The molecule has 0 aromatic heterocycles. The molecule has 2 unspecified atom stereocenters. The highest BCUT2D eigenvalue weighted by Crippen LogP contribution is 2.38. The van der Waals surface area contributed by atoms with E-state index in [2.05, 4.69) is 43.4 Å². The van der Waals surface area contributed by atoms with E-state index in [0.717, 1.165) is 32.1 Å². The van der Waals surface area contributed by atoms with E-state index >= 15 is 0 Å². The largest absolute Gasteiger partial charge is 0.756 e. The third-order valence-electron chi connectivity index (χ3n) is 5.44. The molecule has 0 spiro atoms. The van der Waals surface area contributed by atoms with Gasteiger partial charge in [-0.2, -0.15) is 0 Å². The highest BCUT2D eigenvalue weighted by molar-refractivity contribution is 7.45. The summed E-state index contributed by atoms with van der Waals surface area (Å²) in [6, 6.07) is 0. The third kappa shape index (κ3) is 27.8. The summed E-state index contributed by atoms with van der Waals surface area (Å²) in [5, 5.41) is 9.84. The van der Waals surface area contributed by atoms with Crippen LogP contribution in [0.3, 0.4) is 0 Å². The van der Waals surface area contributed by atoms with Crippen molar-refractivity contribution in [3.8, 4) is 0 Å². The van der Waals surface area contributed by atoms with Crippen LogP contribution in [0, 0.1) is 0 Å². The normalized spacial score (nSPS) is 15.4. The van der Waals surface area contributed by atoms with Crippen molar-refractivity contribution in [2.75, 3.05) is 54.1 Å². The first kappa shape index (κ1) is 35.2. The molecule has 0 aliphatic rings. The Kier molecular flexibility index (Phi) is 22.8. The summed E-state index contributed by atoms with van der Waals surface area (Å²) in [5.41, 5.74) is 0. The van der Waals surface area contributed by atoms with Crippen molar-refractivity contribution in [2.45, 2.75) is 90.1 Å². The molecular formula is C28H54NO6P. The van der Waals surface area contributed by atoms with Gasteiger partial charge in [0, 0.05) is 6.61 Å². The SMILES string of the molecule is CC/C=C\C/C=C\C/C=C\CCCCCCCCCCOCC(O)COP(=O)([O-])OCC[N+](C)(C)C. The van der Waals surface area contributed by atoms with Gasteiger partial charge >= 0.3 is 0 Å². The molecule has 0 fully saturated rings. The Morgan fingerprint density at radius 2 is 1.33 bits per heavy atom. The van der Waals surface area contributed by atoms with Crippen molar-refractivity contribution >= 4 is 7.82 Å². The van der Waals surface area contributed by atoms with Crippen molar-refractivity contribution in [1.29, 1.82) is 0 Å². The maximum Gasteiger partial charge on any atom is 0.268 e. The molecule has 0 bridgehead atoms. The van der Waals surface area contributed by atoms with E-state index in [9.17, 15) is 14.6 Å². The summed E-state index contributed by atoms with van der Waals surface area (Å²) in [5.74, 6) is 0. The molecule has 8 heteroatoms. The summed E-state index contributed by atoms with van der Waals surface area (Å²) < 4.78 is 27.3. The van der Waals surface area contributed by atoms with Crippen molar-refractivity contribution in [3.05, 3.63) is 36.5 Å². The van der Waals surface area contributed by atoms with Gasteiger partial charge in [-0.05, 0) is 38.5 Å². The Hall–Kier alpha value is -0.790. The van der Waals surface area contributed by atoms with Crippen LogP contribution in [-0.4, -0.2) is 69.8 Å². The van der Waals surface area contributed by atoms with Crippen LogP contribution < -0.4 is 4.89 Å². The first-order valence-corrected chi connectivity index (χ1v) is 15.2. The summed E-state index contributed by atoms with van der Waals surface area (Å²) in [4.78, 5) is 11.7. The van der Waals surface area contributed by atoms with Crippen molar-refractivity contribution in [3.63, 3.8) is 0 Å². The molecule has 0 saturated carbocycles. The van der Waals surface area contributed by atoms with Gasteiger partial charge in [0.2, 0.25) is 0 Å². The Bertz CT molecular complexity index is 630. The van der Waals surface area contributed by atoms with Gasteiger partial charge in [-0.1, -0.05) is 81.9 Å². The van der Waals surface area contributed by atoms with Gasteiger partial charge in [-0.15, -0.1) is 0 Å². The molecule has 2 atom stereocenters. The predicted octanol–water partition coefficient (Wildman–Crippen LogP) is 5.94. The molecule has 0 aliphatic heterocycles. The summed E-state index contributed by atoms with van der Waals surface area (Å²) in [6.45, 7) is 3.00. The molecule has 0 heterocycles. The van der Waals surface area contributed by atoms with Gasteiger partial charge in [0.25, 0.3) is 7.82 Å². The smallest absolute Gasteiger partial charge is 0.268 e. The zero-order valence-electron chi connectivity index (χ0n) is 23.4. The van der Waals surface area contributed by atoms with E-state index in [1.54, 1.807) is 0 Å². The molecular weight excluding hydrogens is 477 g/mol. The number of hydrogen-bond acceptors (Lipinski definition) is 6. The predicted molar refractivity (Wildman–Crippen MR) is 148 cm³/mol. The Balaban J connectivity index is 3.45.